The summed E-state index contributed by atoms with van der Waals surface area (Å²) in [5.41, 5.74) is 1.17. The van der Waals surface area contributed by atoms with Gasteiger partial charge < -0.3 is 0 Å². The number of nitriles is 1. The Hall–Kier alpha value is -1.69. The molecule has 1 fully saturated rings. The number of Topliss-reactive ketones (excluding diaryl/α,β-unsaturated/α-hetero) is 1. The number of hydrogen-bond donors (Lipinski definition) is 0. The molecule has 2 rings (SSSR count). The van der Waals surface area contributed by atoms with Crippen molar-refractivity contribution in [2.45, 2.75) is 25.2 Å². The number of aryl methyl sites for hydroxylation is 1. The largest absolute Gasteiger partial charge is 0.300 e. The zero-order valence-electron chi connectivity index (χ0n) is 7.95. The fraction of sp³-hybridized carbons (Fsp3) is 0.364. The van der Waals surface area contributed by atoms with Crippen LogP contribution >= 0.6 is 0 Å². The van der Waals surface area contributed by atoms with Crippen LogP contribution < -0.4 is 0 Å². The summed E-state index contributed by atoms with van der Waals surface area (Å²) in [7, 11) is 0. The molecule has 0 radical (unpaired) electrons. The second kappa shape index (κ2) is 2.91. The van der Waals surface area contributed by atoms with Crippen molar-refractivity contribution >= 4 is 5.78 Å². The monoisotopic (exact) mass is 186 g/mol. The van der Waals surface area contributed by atoms with Crippen molar-refractivity contribution in [3.63, 3.8) is 0 Å². The summed E-state index contributed by atoms with van der Waals surface area (Å²) in [5, 5.41) is 9.06. The van der Waals surface area contributed by atoms with Gasteiger partial charge in [0.15, 0.2) is 0 Å². The molecule has 1 aromatic rings. The third kappa shape index (κ3) is 1.20. The molecule has 0 spiro atoms. The highest BCUT2D eigenvalue weighted by Crippen LogP contribution is 2.39. The third-order valence-electron chi connectivity index (χ3n) is 2.62. The van der Waals surface area contributed by atoms with Crippen LogP contribution in [0.1, 0.15) is 24.1 Å². The maximum atomic E-state index is 11.0. The van der Waals surface area contributed by atoms with Crippen molar-refractivity contribution < 1.29 is 4.79 Å². The van der Waals surface area contributed by atoms with E-state index in [1.807, 2.05) is 19.1 Å². The first-order chi connectivity index (χ1) is 6.66. The molecule has 0 aliphatic heterocycles. The summed E-state index contributed by atoms with van der Waals surface area (Å²) in [6, 6.07) is 5.97. The van der Waals surface area contributed by atoms with Crippen molar-refractivity contribution in [2.24, 2.45) is 0 Å². The Morgan fingerprint density at radius 1 is 1.57 bits per heavy atom. The summed E-state index contributed by atoms with van der Waals surface area (Å²) in [4.78, 5) is 15.1. The SMILES string of the molecule is Cc1ccnc(C2(C#N)CC(=O)C2)c1. The third-order valence-corrected chi connectivity index (χ3v) is 2.62. The Morgan fingerprint density at radius 2 is 2.29 bits per heavy atom. The van der Waals surface area contributed by atoms with Gasteiger partial charge in [0.25, 0.3) is 0 Å². The second-order valence-electron chi connectivity index (χ2n) is 3.80. The maximum absolute atomic E-state index is 11.0. The van der Waals surface area contributed by atoms with Gasteiger partial charge in [-0.25, -0.2) is 0 Å². The van der Waals surface area contributed by atoms with Gasteiger partial charge >= 0.3 is 0 Å². The number of carbonyl (C=O) groups is 1. The Bertz CT molecular complexity index is 423. The van der Waals surface area contributed by atoms with Crippen LogP contribution in [0.5, 0.6) is 0 Å². The molecule has 0 saturated heterocycles. The predicted octanol–water partition coefficient (Wildman–Crippen LogP) is 1.51. The normalized spacial score (nSPS) is 18.4. The Balaban J connectivity index is 2.39. The number of pyridine rings is 1. The Morgan fingerprint density at radius 3 is 2.79 bits per heavy atom. The molecule has 3 heteroatoms. The second-order valence-corrected chi connectivity index (χ2v) is 3.80. The van der Waals surface area contributed by atoms with Crippen LogP contribution in [0.15, 0.2) is 18.3 Å². The Kier molecular flexibility index (Phi) is 1.85. The van der Waals surface area contributed by atoms with E-state index < -0.39 is 5.41 Å². The first-order valence-corrected chi connectivity index (χ1v) is 4.52. The van der Waals surface area contributed by atoms with Gasteiger partial charge in [-0.2, -0.15) is 5.26 Å². The molecule has 0 N–H and O–H groups in total. The lowest BCUT2D eigenvalue weighted by Crippen LogP contribution is -2.41. The minimum absolute atomic E-state index is 0.148. The van der Waals surface area contributed by atoms with Gasteiger partial charge in [0.05, 0.1) is 11.8 Å². The lowest BCUT2D eigenvalue weighted by molar-refractivity contribution is -0.126. The predicted molar refractivity (Wildman–Crippen MR) is 50.5 cm³/mol. The van der Waals surface area contributed by atoms with Gasteiger partial charge in [-0.1, -0.05) is 0 Å². The summed E-state index contributed by atoms with van der Waals surface area (Å²) in [6.07, 6.45) is 2.33. The highest BCUT2D eigenvalue weighted by molar-refractivity contribution is 5.89. The molecular formula is C11H10N2O. The number of hydrogen-bond acceptors (Lipinski definition) is 3. The van der Waals surface area contributed by atoms with E-state index in [1.165, 1.54) is 0 Å². The molecule has 0 aromatic carbocycles. The van der Waals surface area contributed by atoms with Gasteiger partial charge in [-0.05, 0) is 24.6 Å². The summed E-state index contributed by atoms with van der Waals surface area (Å²) in [5.74, 6) is 0.148. The van der Waals surface area contributed by atoms with Gasteiger partial charge in [0, 0.05) is 19.0 Å². The minimum Gasteiger partial charge on any atom is -0.300 e. The van der Waals surface area contributed by atoms with Crippen LogP contribution in [-0.2, 0) is 10.2 Å². The summed E-state index contributed by atoms with van der Waals surface area (Å²) in [6.45, 7) is 1.96. The van der Waals surface area contributed by atoms with Crippen LogP contribution in [0.25, 0.3) is 0 Å². The molecule has 1 aliphatic rings. The number of aromatic nitrogens is 1. The van der Waals surface area contributed by atoms with E-state index in [4.69, 9.17) is 5.26 Å². The summed E-state index contributed by atoms with van der Waals surface area (Å²) < 4.78 is 0. The lowest BCUT2D eigenvalue weighted by Gasteiger charge is -2.32. The van der Waals surface area contributed by atoms with Crippen LogP contribution in [0, 0.1) is 18.3 Å². The lowest BCUT2D eigenvalue weighted by atomic mass is 9.66. The van der Waals surface area contributed by atoms with Crippen LogP contribution in [-0.4, -0.2) is 10.8 Å². The molecule has 1 saturated carbocycles. The molecule has 1 aromatic heterocycles. The first-order valence-electron chi connectivity index (χ1n) is 4.52. The van der Waals surface area contributed by atoms with Crippen LogP contribution in [0.4, 0.5) is 0 Å². The van der Waals surface area contributed by atoms with Gasteiger partial charge in [-0.3, -0.25) is 9.78 Å². The standard InChI is InChI=1S/C11H10N2O/c1-8-2-3-13-10(4-8)11(7-12)5-9(14)6-11/h2-4H,5-6H2,1H3. The number of ketones is 1. The topological polar surface area (TPSA) is 53.8 Å². The fourth-order valence-electron chi connectivity index (χ4n) is 1.74. The van der Waals surface area contributed by atoms with E-state index in [0.29, 0.717) is 12.8 Å². The van der Waals surface area contributed by atoms with E-state index in [0.717, 1.165) is 11.3 Å². The molecule has 0 bridgehead atoms. The number of carbonyl (C=O) groups excluding carboxylic acids is 1. The average molecular weight is 186 g/mol. The number of nitrogens with zero attached hydrogens (tertiary/aromatic N) is 2. The van der Waals surface area contributed by atoms with Crippen molar-refractivity contribution in [1.82, 2.24) is 4.98 Å². The van der Waals surface area contributed by atoms with E-state index >= 15 is 0 Å². The average Bonchev–Trinajstić information content (AvgIpc) is 2.12. The van der Waals surface area contributed by atoms with E-state index in [-0.39, 0.29) is 5.78 Å². The van der Waals surface area contributed by atoms with Crippen molar-refractivity contribution in [3.8, 4) is 6.07 Å². The van der Waals surface area contributed by atoms with Gasteiger partial charge in [0.2, 0.25) is 0 Å². The fourth-order valence-corrected chi connectivity index (χ4v) is 1.74. The molecule has 70 valence electrons. The van der Waals surface area contributed by atoms with Crippen LogP contribution in [0.2, 0.25) is 0 Å². The van der Waals surface area contributed by atoms with Crippen LogP contribution in [0.3, 0.4) is 0 Å². The van der Waals surface area contributed by atoms with Crippen molar-refractivity contribution in [2.75, 3.05) is 0 Å². The zero-order chi connectivity index (χ0) is 10.2. The van der Waals surface area contributed by atoms with E-state index in [2.05, 4.69) is 11.1 Å². The molecule has 0 unspecified atom stereocenters. The smallest absolute Gasteiger partial charge is 0.136 e. The molecule has 0 amide bonds. The maximum Gasteiger partial charge on any atom is 0.136 e. The minimum atomic E-state index is -0.636. The molecule has 1 heterocycles. The van der Waals surface area contributed by atoms with Crippen molar-refractivity contribution in [3.05, 3.63) is 29.6 Å². The highest BCUT2D eigenvalue weighted by atomic mass is 16.1. The first kappa shape index (κ1) is 8.89. The molecule has 3 nitrogen and oxygen atoms in total. The van der Waals surface area contributed by atoms with E-state index in [9.17, 15) is 4.79 Å². The van der Waals surface area contributed by atoms with E-state index in [1.54, 1.807) is 6.20 Å². The summed E-state index contributed by atoms with van der Waals surface area (Å²) >= 11 is 0. The van der Waals surface area contributed by atoms with Gasteiger partial charge in [-0.15, -0.1) is 0 Å². The highest BCUT2D eigenvalue weighted by Gasteiger charge is 2.46. The van der Waals surface area contributed by atoms with Crippen molar-refractivity contribution in [1.29, 1.82) is 5.26 Å². The molecular weight excluding hydrogens is 176 g/mol. The molecule has 0 atom stereocenters. The zero-order valence-corrected chi connectivity index (χ0v) is 7.95. The number of rotatable bonds is 1. The quantitative estimate of drug-likeness (QED) is 0.668. The molecule has 14 heavy (non-hydrogen) atoms. The Labute approximate surface area is 82.4 Å². The van der Waals surface area contributed by atoms with Gasteiger partial charge in [0.1, 0.15) is 11.2 Å². The molecule has 1 aliphatic carbocycles.